The first-order valence-electron chi connectivity index (χ1n) is 7.85. The van der Waals surface area contributed by atoms with Crippen LogP contribution in [0.5, 0.6) is 0 Å². The zero-order chi connectivity index (χ0) is 17.6. The lowest BCUT2D eigenvalue weighted by atomic mass is 10.1. The first-order chi connectivity index (χ1) is 11.3. The van der Waals surface area contributed by atoms with E-state index in [-0.39, 0.29) is 35.3 Å². The number of nitrogens with one attached hydrogen (secondary N) is 2. The van der Waals surface area contributed by atoms with Crippen LogP contribution in [0.1, 0.15) is 12.0 Å². The normalized spacial score (nSPS) is 15.8. The highest BCUT2D eigenvalue weighted by atomic mass is 35.5. The molecule has 0 aliphatic carbocycles. The van der Waals surface area contributed by atoms with Gasteiger partial charge in [-0.25, -0.2) is 13.1 Å². The number of benzene rings is 1. The molecule has 11 heteroatoms. The Kier molecular flexibility index (Phi) is 11.1. The van der Waals surface area contributed by atoms with Crippen molar-refractivity contribution in [3.05, 3.63) is 29.8 Å². The fourth-order valence-corrected chi connectivity index (χ4v) is 3.62. The molecule has 1 aliphatic heterocycles. The molecule has 2 N–H and O–H groups in total. The molecule has 5 nitrogen and oxygen atoms in total. The minimum absolute atomic E-state index is 0. The number of rotatable bonds is 7. The molecule has 1 aliphatic rings. The Morgan fingerprint density at radius 3 is 2.19 bits per heavy atom. The van der Waals surface area contributed by atoms with Crippen LogP contribution in [0.15, 0.2) is 29.2 Å². The molecule has 1 saturated heterocycles. The summed E-state index contributed by atoms with van der Waals surface area (Å²) in [4.78, 5) is 2.24. The van der Waals surface area contributed by atoms with Crippen LogP contribution in [0, 0.1) is 0 Å². The Balaban J connectivity index is 0.00000312. The SMILES string of the molecule is Cl.Cl.O=S(=O)(NCCCN1CCNCC1)c1ccc(CC(F)(F)F)cc1. The minimum Gasteiger partial charge on any atom is -0.314 e. The maximum Gasteiger partial charge on any atom is 0.393 e. The topological polar surface area (TPSA) is 61.4 Å². The van der Waals surface area contributed by atoms with E-state index in [1.807, 2.05) is 0 Å². The lowest BCUT2D eigenvalue weighted by Crippen LogP contribution is -2.44. The number of piperazine rings is 1. The molecule has 0 saturated carbocycles. The molecule has 0 amide bonds. The molecule has 0 atom stereocenters. The van der Waals surface area contributed by atoms with E-state index >= 15 is 0 Å². The smallest absolute Gasteiger partial charge is 0.314 e. The minimum atomic E-state index is -4.30. The van der Waals surface area contributed by atoms with Crippen molar-refractivity contribution in [3.8, 4) is 0 Å². The van der Waals surface area contributed by atoms with Gasteiger partial charge in [0.2, 0.25) is 10.0 Å². The predicted octanol–water partition coefficient (Wildman–Crippen LogP) is 2.21. The highest BCUT2D eigenvalue weighted by molar-refractivity contribution is 7.89. The van der Waals surface area contributed by atoms with Crippen LogP contribution in [0.3, 0.4) is 0 Å². The van der Waals surface area contributed by atoms with Crippen LogP contribution >= 0.6 is 24.8 Å². The average molecular weight is 438 g/mol. The fourth-order valence-electron chi connectivity index (χ4n) is 2.55. The van der Waals surface area contributed by atoms with Crippen molar-refractivity contribution >= 4 is 34.8 Å². The third kappa shape index (κ3) is 8.88. The lowest BCUT2D eigenvalue weighted by Gasteiger charge is -2.27. The first-order valence-corrected chi connectivity index (χ1v) is 9.33. The Morgan fingerprint density at radius 2 is 1.65 bits per heavy atom. The molecule has 1 aromatic rings. The Morgan fingerprint density at radius 1 is 1.08 bits per heavy atom. The summed E-state index contributed by atoms with van der Waals surface area (Å²) in [7, 11) is -3.69. The van der Waals surface area contributed by atoms with Crippen molar-refractivity contribution in [2.75, 3.05) is 39.3 Å². The molecule has 0 spiro atoms. The van der Waals surface area contributed by atoms with Crippen LogP contribution < -0.4 is 10.0 Å². The molecule has 0 unspecified atom stereocenters. The van der Waals surface area contributed by atoms with E-state index in [1.165, 1.54) is 24.3 Å². The standard InChI is InChI=1S/C15H22F3N3O2S.2ClH/c16-15(17,18)12-13-2-4-14(5-3-13)24(22,23)20-6-1-9-21-10-7-19-8-11-21;;/h2-5,19-20H,1,6-12H2;2*1H. The summed E-state index contributed by atoms with van der Waals surface area (Å²) in [5.41, 5.74) is 0.0418. The van der Waals surface area contributed by atoms with E-state index in [4.69, 9.17) is 0 Å². The summed E-state index contributed by atoms with van der Waals surface area (Å²) in [5, 5.41) is 3.25. The van der Waals surface area contributed by atoms with Crippen molar-refractivity contribution in [1.29, 1.82) is 0 Å². The molecule has 26 heavy (non-hydrogen) atoms. The van der Waals surface area contributed by atoms with E-state index in [0.717, 1.165) is 32.7 Å². The van der Waals surface area contributed by atoms with Gasteiger partial charge >= 0.3 is 6.18 Å². The van der Waals surface area contributed by atoms with Crippen molar-refractivity contribution in [1.82, 2.24) is 14.9 Å². The van der Waals surface area contributed by atoms with Gasteiger partial charge in [0.1, 0.15) is 0 Å². The second-order valence-corrected chi connectivity index (χ2v) is 7.55. The Labute approximate surface area is 164 Å². The third-order valence-corrected chi connectivity index (χ3v) is 5.27. The molecule has 1 aromatic carbocycles. The molecule has 152 valence electrons. The summed E-state index contributed by atoms with van der Waals surface area (Å²) in [6, 6.07) is 4.81. The zero-order valence-corrected chi connectivity index (χ0v) is 16.5. The summed E-state index contributed by atoms with van der Waals surface area (Å²) in [6.45, 7) is 4.90. The second kappa shape index (κ2) is 11.3. The maximum atomic E-state index is 12.3. The van der Waals surface area contributed by atoms with Gasteiger partial charge in [-0.2, -0.15) is 13.2 Å². The Hall–Kier alpha value is -0.580. The summed E-state index contributed by atoms with van der Waals surface area (Å²) in [6.07, 6.45) is -4.68. The van der Waals surface area contributed by atoms with Gasteiger partial charge in [0.15, 0.2) is 0 Å². The van der Waals surface area contributed by atoms with Gasteiger partial charge in [0.05, 0.1) is 11.3 Å². The monoisotopic (exact) mass is 437 g/mol. The predicted molar refractivity (Wildman–Crippen MR) is 99.8 cm³/mol. The van der Waals surface area contributed by atoms with E-state index in [1.54, 1.807) is 0 Å². The zero-order valence-electron chi connectivity index (χ0n) is 14.1. The van der Waals surface area contributed by atoms with Crippen LogP contribution in [-0.2, 0) is 16.4 Å². The first kappa shape index (κ1) is 25.4. The fraction of sp³-hybridized carbons (Fsp3) is 0.600. The van der Waals surface area contributed by atoms with Gasteiger partial charge in [0.25, 0.3) is 0 Å². The number of hydrogen-bond acceptors (Lipinski definition) is 4. The van der Waals surface area contributed by atoms with Crippen LogP contribution in [-0.4, -0.2) is 58.8 Å². The molecule has 1 fully saturated rings. The van der Waals surface area contributed by atoms with Crippen LogP contribution in [0.25, 0.3) is 0 Å². The lowest BCUT2D eigenvalue weighted by molar-refractivity contribution is -0.127. The highest BCUT2D eigenvalue weighted by Crippen LogP contribution is 2.22. The van der Waals surface area contributed by atoms with Crippen LogP contribution in [0.2, 0.25) is 0 Å². The molecule has 0 radical (unpaired) electrons. The van der Waals surface area contributed by atoms with Gasteiger partial charge in [0, 0.05) is 32.7 Å². The van der Waals surface area contributed by atoms with E-state index in [2.05, 4.69) is 14.9 Å². The van der Waals surface area contributed by atoms with Gasteiger partial charge in [-0.15, -0.1) is 24.8 Å². The van der Waals surface area contributed by atoms with E-state index in [9.17, 15) is 21.6 Å². The van der Waals surface area contributed by atoms with E-state index < -0.39 is 22.6 Å². The number of nitrogens with zero attached hydrogens (tertiary/aromatic N) is 1. The Bertz CT molecular complexity index is 622. The molecule has 0 aromatic heterocycles. The van der Waals surface area contributed by atoms with Gasteiger partial charge in [-0.1, -0.05) is 12.1 Å². The highest BCUT2D eigenvalue weighted by Gasteiger charge is 2.27. The van der Waals surface area contributed by atoms with E-state index in [0.29, 0.717) is 13.0 Å². The van der Waals surface area contributed by atoms with Crippen molar-refractivity contribution in [2.45, 2.75) is 23.9 Å². The van der Waals surface area contributed by atoms with Crippen molar-refractivity contribution in [2.24, 2.45) is 0 Å². The summed E-state index contributed by atoms with van der Waals surface area (Å²) >= 11 is 0. The van der Waals surface area contributed by atoms with Crippen molar-refractivity contribution < 1.29 is 21.6 Å². The number of sulfonamides is 1. The molecule has 1 heterocycles. The third-order valence-electron chi connectivity index (χ3n) is 3.79. The molecular formula is C15H24Cl2F3N3O2S. The molecule has 2 rings (SSSR count). The maximum absolute atomic E-state index is 12.3. The van der Waals surface area contributed by atoms with Crippen molar-refractivity contribution in [3.63, 3.8) is 0 Å². The average Bonchev–Trinajstić information content (AvgIpc) is 2.52. The number of halogens is 5. The number of alkyl halides is 3. The summed E-state index contributed by atoms with van der Waals surface area (Å²) < 4.78 is 63.6. The van der Waals surface area contributed by atoms with Crippen LogP contribution in [0.4, 0.5) is 13.2 Å². The molecular weight excluding hydrogens is 414 g/mol. The molecule has 0 bridgehead atoms. The largest absolute Gasteiger partial charge is 0.393 e. The van der Waals surface area contributed by atoms with Gasteiger partial charge < -0.3 is 10.2 Å². The summed E-state index contributed by atoms with van der Waals surface area (Å²) in [5.74, 6) is 0. The second-order valence-electron chi connectivity index (χ2n) is 5.78. The quantitative estimate of drug-likeness (QED) is 0.641. The van der Waals surface area contributed by atoms with Gasteiger partial charge in [-0.05, 0) is 30.7 Å². The number of hydrogen-bond donors (Lipinski definition) is 2. The van der Waals surface area contributed by atoms with Gasteiger partial charge in [-0.3, -0.25) is 0 Å².